The lowest BCUT2D eigenvalue weighted by Crippen LogP contribution is -2.29. The zero-order valence-corrected chi connectivity index (χ0v) is 17.7. The number of halogens is 2. The number of aromatic hydroxyl groups is 1. The van der Waals surface area contributed by atoms with Crippen molar-refractivity contribution in [3.8, 4) is 11.5 Å². The first-order valence-corrected chi connectivity index (χ1v) is 10.0. The number of phenols is 1. The molecule has 1 atom stereocenters. The van der Waals surface area contributed by atoms with Crippen molar-refractivity contribution >= 4 is 5.97 Å². The van der Waals surface area contributed by atoms with Crippen LogP contribution in [-0.2, 0) is 20.3 Å². The van der Waals surface area contributed by atoms with Gasteiger partial charge >= 0.3 is 11.9 Å². The molecule has 0 aliphatic heterocycles. The highest BCUT2D eigenvalue weighted by Crippen LogP contribution is 2.45. The summed E-state index contributed by atoms with van der Waals surface area (Å²) in [5, 5.41) is 19.6. The van der Waals surface area contributed by atoms with E-state index in [-0.39, 0.29) is 36.5 Å². The maximum Gasteiger partial charge on any atom is 0.381 e. The first kappa shape index (κ1) is 24.4. The second-order valence-corrected chi connectivity index (χ2v) is 7.72. The first-order valence-electron chi connectivity index (χ1n) is 10.0. The zero-order valence-electron chi connectivity index (χ0n) is 17.7. The van der Waals surface area contributed by atoms with Crippen LogP contribution in [0.15, 0.2) is 23.8 Å². The largest absolute Gasteiger partial charge is 0.508 e. The molecule has 0 saturated heterocycles. The summed E-state index contributed by atoms with van der Waals surface area (Å²) in [6, 6.07) is 1.94. The van der Waals surface area contributed by atoms with E-state index in [9.17, 15) is 28.8 Å². The van der Waals surface area contributed by atoms with Gasteiger partial charge < -0.3 is 19.4 Å². The van der Waals surface area contributed by atoms with E-state index >= 15 is 0 Å². The second kappa shape index (κ2) is 10.4. The van der Waals surface area contributed by atoms with E-state index in [2.05, 4.69) is 15.7 Å². The van der Waals surface area contributed by atoms with Crippen molar-refractivity contribution < 1.29 is 38.1 Å². The van der Waals surface area contributed by atoms with Crippen LogP contribution >= 0.6 is 0 Å². The zero-order chi connectivity index (χ0) is 23.2. The molecule has 0 fully saturated rings. The molecule has 2 rings (SSSR count). The fraction of sp³-hybridized carbons (Fsp3) is 0.571. The molecule has 0 spiro atoms. The van der Waals surface area contributed by atoms with Gasteiger partial charge in [0, 0.05) is 17.5 Å². The van der Waals surface area contributed by atoms with Gasteiger partial charge in [0.1, 0.15) is 11.5 Å². The fourth-order valence-corrected chi connectivity index (χ4v) is 3.48. The molecule has 0 bridgehead atoms. The Balaban J connectivity index is 2.24. The standard InChI is InChI=1S/C21H27F2NO7/c1-13(2)31-18-12-16(11-17(25)19(18)15-7-4-6-14(3)10-15)21(22,23)20(26)29-8-5-9-30-24(27)28/h6,11-13,15,25H,4-5,7-10H2,1-3H3. The molecule has 1 aromatic rings. The third-order valence-corrected chi connectivity index (χ3v) is 4.80. The maximum absolute atomic E-state index is 14.7. The molecule has 1 N–H and O–H groups in total. The van der Waals surface area contributed by atoms with Crippen LogP contribution in [0.4, 0.5) is 8.78 Å². The van der Waals surface area contributed by atoms with Gasteiger partial charge in [0.05, 0.1) is 19.3 Å². The van der Waals surface area contributed by atoms with E-state index in [1.54, 1.807) is 13.8 Å². The quantitative estimate of drug-likeness (QED) is 0.185. The Kier molecular flexibility index (Phi) is 8.18. The van der Waals surface area contributed by atoms with E-state index in [1.807, 2.05) is 6.92 Å². The first-order chi connectivity index (χ1) is 14.5. The van der Waals surface area contributed by atoms with Crippen LogP contribution in [0.3, 0.4) is 0 Å². The topological polar surface area (TPSA) is 108 Å². The Morgan fingerprint density at radius 3 is 2.68 bits per heavy atom. The van der Waals surface area contributed by atoms with Gasteiger partial charge in [-0.25, -0.2) is 4.79 Å². The normalized spacial score (nSPS) is 16.6. The van der Waals surface area contributed by atoms with E-state index in [0.29, 0.717) is 12.0 Å². The molecule has 10 heteroatoms. The van der Waals surface area contributed by atoms with E-state index in [4.69, 9.17) is 4.74 Å². The number of hydrogen-bond acceptors (Lipinski definition) is 7. The number of hydrogen-bond donors (Lipinski definition) is 1. The molecule has 1 aromatic carbocycles. The molecule has 0 saturated carbocycles. The summed E-state index contributed by atoms with van der Waals surface area (Å²) < 4.78 is 39.7. The smallest absolute Gasteiger partial charge is 0.381 e. The van der Waals surface area contributed by atoms with Crippen LogP contribution in [0.1, 0.15) is 63.5 Å². The summed E-state index contributed by atoms with van der Waals surface area (Å²) in [7, 11) is 0. The van der Waals surface area contributed by atoms with Crippen LogP contribution in [0.25, 0.3) is 0 Å². The summed E-state index contributed by atoms with van der Waals surface area (Å²) in [4.78, 5) is 26.0. The lowest BCUT2D eigenvalue weighted by atomic mass is 9.82. The van der Waals surface area contributed by atoms with Crippen molar-refractivity contribution in [3.05, 3.63) is 45.0 Å². The number of carbonyl (C=O) groups is 1. The van der Waals surface area contributed by atoms with E-state index < -0.39 is 29.1 Å². The monoisotopic (exact) mass is 443 g/mol. The van der Waals surface area contributed by atoms with Gasteiger partial charge in [-0.3, -0.25) is 0 Å². The van der Waals surface area contributed by atoms with Crippen molar-refractivity contribution in [2.24, 2.45) is 0 Å². The Hall–Kier alpha value is -2.91. The molecule has 1 unspecified atom stereocenters. The van der Waals surface area contributed by atoms with E-state index in [1.165, 1.54) is 0 Å². The Bertz CT molecular complexity index is 839. The Morgan fingerprint density at radius 1 is 1.35 bits per heavy atom. The van der Waals surface area contributed by atoms with Gasteiger partial charge in [-0.15, -0.1) is 10.1 Å². The minimum atomic E-state index is -4.04. The third kappa shape index (κ3) is 6.53. The number of carbonyl (C=O) groups excluding carboxylic acids is 1. The van der Waals surface area contributed by atoms with Gasteiger partial charge in [-0.2, -0.15) is 8.78 Å². The highest BCUT2D eigenvalue weighted by atomic mass is 19.3. The summed E-state index contributed by atoms with van der Waals surface area (Å²) in [6.07, 6.45) is 3.86. The molecule has 172 valence electrons. The van der Waals surface area contributed by atoms with Gasteiger partial charge in [0.2, 0.25) is 0 Å². The number of phenolic OH excluding ortho intramolecular Hbond substituents is 1. The predicted molar refractivity (Wildman–Crippen MR) is 107 cm³/mol. The fourth-order valence-electron chi connectivity index (χ4n) is 3.48. The third-order valence-electron chi connectivity index (χ3n) is 4.80. The molecule has 0 heterocycles. The number of esters is 1. The van der Waals surface area contributed by atoms with Crippen molar-refractivity contribution in [2.45, 2.75) is 64.4 Å². The molecule has 0 amide bonds. The molecule has 0 aromatic heterocycles. The molecular weight excluding hydrogens is 416 g/mol. The number of ether oxygens (including phenoxy) is 2. The lowest BCUT2D eigenvalue weighted by molar-refractivity contribution is -0.757. The van der Waals surface area contributed by atoms with Crippen LogP contribution in [0, 0.1) is 10.1 Å². The molecular formula is C21H27F2NO7. The van der Waals surface area contributed by atoms with Gasteiger partial charge in [-0.1, -0.05) is 11.6 Å². The number of benzene rings is 1. The Morgan fingerprint density at radius 2 is 2.06 bits per heavy atom. The highest BCUT2D eigenvalue weighted by Gasteiger charge is 2.44. The van der Waals surface area contributed by atoms with Crippen molar-refractivity contribution in [2.75, 3.05) is 13.2 Å². The van der Waals surface area contributed by atoms with Crippen LogP contribution in [-0.4, -0.2) is 35.5 Å². The van der Waals surface area contributed by atoms with Crippen molar-refractivity contribution in [3.63, 3.8) is 0 Å². The molecule has 1 aliphatic carbocycles. The van der Waals surface area contributed by atoms with Crippen molar-refractivity contribution in [1.29, 1.82) is 0 Å². The van der Waals surface area contributed by atoms with E-state index in [0.717, 1.165) is 30.5 Å². The lowest BCUT2D eigenvalue weighted by Gasteiger charge is -2.27. The van der Waals surface area contributed by atoms with Crippen LogP contribution in [0.2, 0.25) is 0 Å². The number of allylic oxidation sites excluding steroid dienone is 2. The SMILES string of the molecule is CC1=CCCC(c2c(O)cc(C(F)(F)C(=O)OCCCO[N+](=O)[O-])cc2OC(C)C)C1. The summed E-state index contributed by atoms with van der Waals surface area (Å²) >= 11 is 0. The van der Waals surface area contributed by atoms with Gasteiger partial charge in [0.15, 0.2) is 0 Å². The predicted octanol–water partition coefficient (Wildman–Crippen LogP) is 4.63. The van der Waals surface area contributed by atoms with Crippen LogP contribution in [0.5, 0.6) is 11.5 Å². The average molecular weight is 443 g/mol. The average Bonchev–Trinajstić information content (AvgIpc) is 2.66. The van der Waals surface area contributed by atoms with Crippen LogP contribution < -0.4 is 4.74 Å². The summed E-state index contributed by atoms with van der Waals surface area (Å²) in [5.41, 5.74) is 0.843. The number of rotatable bonds is 10. The molecule has 0 radical (unpaired) electrons. The second-order valence-electron chi connectivity index (χ2n) is 7.72. The minimum Gasteiger partial charge on any atom is -0.508 e. The Labute approximate surface area is 178 Å². The number of nitrogens with zero attached hydrogens (tertiary/aromatic N) is 1. The molecule has 1 aliphatic rings. The molecule has 31 heavy (non-hydrogen) atoms. The molecule has 8 nitrogen and oxygen atoms in total. The van der Waals surface area contributed by atoms with Crippen molar-refractivity contribution in [1.82, 2.24) is 0 Å². The summed E-state index contributed by atoms with van der Waals surface area (Å²) in [6.45, 7) is 4.58. The summed E-state index contributed by atoms with van der Waals surface area (Å²) in [5.74, 6) is -6.21. The maximum atomic E-state index is 14.7. The van der Waals surface area contributed by atoms with Gasteiger partial charge in [0.25, 0.3) is 5.09 Å². The minimum absolute atomic E-state index is 0.0880. The van der Waals surface area contributed by atoms with Gasteiger partial charge in [-0.05, 0) is 58.1 Å². The number of alkyl halides is 2. The highest BCUT2D eigenvalue weighted by molar-refractivity contribution is 5.80.